The molecular formula is C17H23NO2. The van der Waals surface area contributed by atoms with Crippen molar-refractivity contribution in [1.82, 2.24) is 4.98 Å². The topological polar surface area (TPSA) is 53.1 Å². The molecule has 1 aromatic heterocycles. The van der Waals surface area contributed by atoms with Gasteiger partial charge in [0.2, 0.25) is 0 Å². The van der Waals surface area contributed by atoms with E-state index in [2.05, 4.69) is 38.7 Å². The molecule has 0 atom stereocenters. The van der Waals surface area contributed by atoms with E-state index >= 15 is 0 Å². The fourth-order valence-corrected chi connectivity index (χ4v) is 2.46. The molecule has 0 amide bonds. The third kappa shape index (κ3) is 2.72. The number of aromatic amines is 1. The Morgan fingerprint density at radius 2 is 2.00 bits per heavy atom. The lowest BCUT2D eigenvalue weighted by molar-refractivity contribution is 0.0698. The first kappa shape index (κ1) is 14.6. The van der Waals surface area contributed by atoms with E-state index in [0.717, 1.165) is 35.7 Å². The van der Waals surface area contributed by atoms with E-state index in [-0.39, 0.29) is 5.41 Å². The van der Waals surface area contributed by atoms with Crippen molar-refractivity contribution >= 4 is 16.9 Å². The number of aromatic nitrogens is 1. The zero-order chi connectivity index (χ0) is 14.9. The van der Waals surface area contributed by atoms with Gasteiger partial charge in [-0.15, -0.1) is 0 Å². The first-order valence-corrected chi connectivity index (χ1v) is 7.22. The van der Waals surface area contributed by atoms with Crippen molar-refractivity contribution < 1.29 is 9.90 Å². The van der Waals surface area contributed by atoms with Crippen LogP contribution in [0.2, 0.25) is 0 Å². The van der Waals surface area contributed by atoms with Gasteiger partial charge >= 0.3 is 5.97 Å². The highest BCUT2D eigenvalue weighted by molar-refractivity contribution is 6.03. The number of hydrogen-bond donors (Lipinski definition) is 2. The van der Waals surface area contributed by atoms with Gasteiger partial charge in [0.25, 0.3) is 0 Å². The van der Waals surface area contributed by atoms with Crippen molar-refractivity contribution in [3.8, 4) is 0 Å². The maximum absolute atomic E-state index is 11.5. The number of aromatic carboxylic acids is 1. The van der Waals surface area contributed by atoms with E-state index in [4.69, 9.17) is 0 Å². The Balaban J connectivity index is 2.65. The number of unbranched alkanes of at least 4 members (excludes halogenated alkanes) is 1. The van der Waals surface area contributed by atoms with Crippen LogP contribution in [0.3, 0.4) is 0 Å². The average Bonchev–Trinajstić information content (AvgIpc) is 2.77. The van der Waals surface area contributed by atoms with E-state index in [9.17, 15) is 9.90 Å². The smallest absolute Gasteiger partial charge is 0.337 e. The van der Waals surface area contributed by atoms with Crippen LogP contribution in [0.4, 0.5) is 0 Å². The van der Waals surface area contributed by atoms with E-state index in [1.54, 1.807) is 6.07 Å². The molecule has 1 aromatic carbocycles. The number of H-pyrrole nitrogens is 1. The second-order valence-electron chi connectivity index (χ2n) is 6.42. The molecule has 0 aliphatic heterocycles. The van der Waals surface area contributed by atoms with Gasteiger partial charge in [-0.2, -0.15) is 0 Å². The summed E-state index contributed by atoms with van der Waals surface area (Å²) in [4.78, 5) is 14.6. The molecular weight excluding hydrogens is 250 g/mol. The summed E-state index contributed by atoms with van der Waals surface area (Å²) < 4.78 is 0. The second kappa shape index (κ2) is 5.31. The van der Waals surface area contributed by atoms with E-state index in [1.807, 2.05) is 6.20 Å². The minimum Gasteiger partial charge on any atom is -0.478 e. The molecule has 1 heterocycles. The number of carbonyl (C=O) groups is 1. The van der Waals surface area contributed by atoms with Crippen molar-refractivity contribution in [1.29, 1.82) is 0 Å². The van der Waals surface area contributed by atoms with Crippen LogP contribution in [0.25, 0.3) is 10.9 Å². The van der Waals surface area contributed by atoms with Crippen molar-refractivity contribution in [2.24, 2.45) is 0 Å². The quantitative estimate of drug-likeness (QED) is 0.861. The molecule has 0 unspecified atom stereocenters. The third-order valence-corrected chi connectivity index (χ3v) is 3.77. The molecule has 2 aromatic rings. The van der Waals surface area contributed by atoms with Crippen LogP contribution >= 0.6 is 0 Å². The number of benzene rings is 1. The van der Waals surface area contributed by atoms with Gasteiger partial charge in [0.1, 0.15) is 0 Å². The number of rotatable bonds is 4. The van der Waals surface area contributed by atoms with Crippen LogP contribution in [-0.4, -0.2) is 16.1 Å². The maximum Gasteiger partial charge on any atom is 0.337 e. The number of aryl methyl sites for hydroxylation is 1. The van der Waals surface area contributed by atoms with Gasteiger partial charge in [0, 0.05) is 11.6 Å². The Morgan fingerprint density at radius 1 is 1.30 bits per heavy atom. The molecule has 0 aliphatic carbocycles. The van der Waals surface area contributed by atoms with E-state index < -0.39 is 5.97 Å². The number of hydrogen-bond acceptors (Lipinski definition) is 1. The Morgan fingerprint density at radius 3 is 2.55 bits per heavy atom. The Bertz CT molecular complexity index is 632. The summed E-state index contributed by atoms with van der Waals surface area (Å²) in [6.07, 6.45) is 5.20. The lowest BCUT2D eigenvalue weighted by atomic mass is 9.84. The monoisotopic (exact) mass is 273 g/mol. The summed E-state index contributed by atoms with van der Waals surface area (Å²) in [6, 6.07) is 3.94. The van der Waals surface area contributed by atoms with Crippen LogP contribution in [-0.2, 0) is 11.8 Å². The first-order chi connectivity index (χ1) is 9.34. The number of fused-ring (bicyclic) bond motifs is 1. The maximum atomic E-state index is 11.5. The third-order valence-electron chi connectivity index (χ3n) is 3.77. The van der Waals surface area contributed by atoms with Gasteiger partial charge in [-0.25, -0.2) is 4.79 Å². The predicted octanol–water partition coefficient (Wildman–Crippen LogP) is 4.51. The van der Waals surface area contributed by atoms with Crippen LogP contribution in [0, 0.1) is 0 Å². The molecule has 2 N–H and O–H groups in total. The zero-order valence-electron chi connectivity index (χ0n) is 12.7. The fraction of sp³-hybridized carbons (Fsp3) is 0.471. The Hall–Kier alpha value is -1.77. The van der Waals surface area contributed by atoms with Crippen molar-refractivity contribution in [2.45, 2.75) is 52.4 Å². The lowest BCUT2D eigenvalue weighted by Gasteiger charge is -2.20. The fourth-order valence-electron chi connectivity index (χ4n) is 2.46. The number of nitrogens with one attached hydrogen (secondary N) is 1. The van der Waals surface area contributed by atoms with Gasteiger partial charge in [-0.1, -0.05) is 34.1 Å². The minimum atomic E-state index is -0.870. The average molecular weight is 273 g/mol. The predicted molar refractivity (Wildman–Crippen MR) is 82.6 cm³/mol. The summed E-state index contributed by atoms with van der Waals surface area (Å²) in [5, 5.41) is 10.5. The molecule has 3 heteroatoms. The molecule has 2 rings (SSSR count). The number of carboxylic acid groups (broad SMARTS) is 1. The van der Waals surface area contributed by atoms with Crippen LogP contribution in [0.1, 0.15) is 62.0 Å². The highest BCUT2D eigenvalue weighted by Gasteiger charge is 2.20. The van der Waals surface area contributed by atoms with Crippen LogP contribution in [0.15, 0.2) is 18.3 Å². The normalized spacial score (nSPS) is 12.0. The molecule has 0 spiro atoms. The second-order valence-corrected chi connectivity index (χ2v) is 6.42. The van der Waals surface area contributed by atoms with Crippen LogP contribution < -0.4 is 0 Å². The lowest BCUT2D eigenvalue weighted by Crippen LogP contribution is -2.12. The molecule has 0 saturated carbocycles. The first-order valence-electron chi connectivity index (χ1n) is 7.22. The van der Waals surface area contributed by atoms with Gasteiger partial charge in [-0.3, -0.25) is 0 Å². The molecule has 0 radical (unpaired) electrons. The largest absolute Gasteiger partial charge is 0.478 e. The summed E-state index contributed by atoms with van der Waals surface area (Å²) in [5.41, 5.74) is 3.35. The summed E-state index contributed by atoms with van der Waals surface area (Å²) in [6.45, 7) is 8.49. The molecule has 0 fully saturated rings. The summed E-state index contributed by atoms with van der Waals surface area (Å²) in [7, 11) is 0. The Labute approximate surface area is 120 Å². The van der Waals surface area contributed by atoms with Crippen molar-refractivity contribution in [3.63, 3.8) is 0 Å². The number of carboxylic acids is 1. The molecule has 3 nitrogen and oxygen atoms in total. The van der Waals surface area contributed by atoms with E-state index in [1.165, 1.54) is 5.56 Å². The molecule has 0 bridgehead atoms. The van der Waals surface area contributed by atoms with Crippen LogP contribution in [0.5, 0.6) is 0 Å². The standard InChI is InChI=1S/C17H23NO2/c1-5-6-7-11-10-18-15-13(11)8-12(17(2,3)4)9-14(15)16(19)20/h8-10,18H,5-7H2,1-4H3,(H,19,20). The highest BCUT2D eigenvalue weighted by atomic mass is 16.4. The summed E-state index contributed by atoms with van der Waals surface area (Å²) in [5.74, 6) is -0.870. The molecule has 0 aliphatic rings. The van der Waals surface area contributed by atoms with Gasteiger partial charge < -0.3 is 10.1 Å². The molecule has 0 saturated heterocycles. The highest BCUT2D eigenvalue weighted by Crippen LogP contribution is 2.31. The van der Waals surface area contributed by atoms with Gasteiger partial charge in [0.15, 0.2) is 0 Å². The van der Waals surface area contributed by atoms with E-state index in [0.29, 0.717) is 5.56 Å². The minimum absolute atomic E-state index is 0.0579. The molecule has 108 valence electrons. The zero-order valence-corrected chi connectivity index (χ0v) is 12.7. The van der Waals surface area contributed by atoms with Crippen molar-refractivity contribution in [3.05, 3.63) is 35.0 Å². The van der Waals surface area contributed by atoms with Gasteiger partial charge in [-0.05, 0) is 41.5 Å². The molecule has 20 heavy (non-hydrogen) atoms. The SMILES string of the molecule is CCCCc1c[nH]c2c(C(=O)O)cc(C(C)(C)C)cc12. The van der Waals surface area contributed by atoms with Gasteiger partial charge in [0.05, 0.1) is 11.1 Å². The van der Waals surface area contributed by atoms with Crippen molar-refractivity contribution in [2.75, 3.05) is 0 Å². The summed E-state index contributed by atoms with van der Waals surface area (Å²) >= 11 is 0. The Kier molecular flexibility index (Phi) is 3.89.